The van der Waals surface area contributed by atoms with Gasteiger partial charge in [0.15, 0.2) is 0 Å². The molecule has 1 unspecified atom stereocenters. The lowest BCUT2D eigenvalue weighted by Gasteiger charge is -2.23. The van der Waals surface area contributed by atoms with E-state index in [1.807, 2.05) is 0 Å². The Morgan fingerprint density at radius 2 is 1.97 bits per heavy atom. The molecule has 1 saturated heterocycles. The number of hydrogen-bond acceptors (Lipinski definition) is 4. The summed E-state index contributed by atoms with van der Waals surface area (Å²) in [5.74, 6) is -1.34. The van der Waals surface area contributed by atoms with Gasteiger partial charge in [-0.05, 0) is 63.6 Å². The molecule has 4 amide bonds. The maximum Gasteiger partial charge on any atom is 0.319 e. The van der Waals surface area contributed by atoms with Crippen LogP contribution in [-0.4, -0.2) is 22.4 Å². The molecule has 0 radical (unpaired) electrons. The molecule has 4 rings (SSSR count). The molecular weight excluding hydrogens is 483 g/mol. The Morgan fingerprint density at radius 3 is 2.72 bits per heavy atom. The number of fused-ring (bicyclic) bond motifs is 1. The Balaban J connectivity index is 1.50. The van der Waals surface area contributed by atoms with Crippen molar-refractivity contribution in [2.45, 2.75) is 25.4 Å². The van der Waals surface area contributed by atoms with Gasteiger partial charge in [0.2, 0.25) is 11.8 Å². The van der Waals surface area contributed by atoms with Gasteiger partial charge in [0.25, 0.3) is 5.56 Å². The van der Waals surface area contributed by atoms with Crippen molar-refractivity contribution in [3.8, 4) is 0 Å². The number of hydrogen-bond donors (Lipinski definition) is 3. The minimum Gasteiger partial charge on any atom is -0.334 e. The number of anilines is 1. The predicted octanol–water partition coefficient (Wildman–Crippen LogP) is 3.20. The maximum atomic E-state index is 13.6. The molecule has 1 fully saturated rings. The van der Waals surface area contributed by atoms with Gasteiger partial charge in [-0.15, -0.1) is 0 Å². The van der Waals surface area contributed by atoms with E-state index in [1.165, 1.54) is 16.7 Å². The molecule has 2 heterocycles. The monoisotopic (exact) mass is 500 g/mol. The smallest absolute Gasteiger partial charge is 0.319 e. The lowest BCUT2D eigenvalue weighted by atomic mass is 10.0. The lowest BCUT2D eigenvalue weighted by Crippen LogP contribution is -2.44. The first-order valence-electron chi connectivity index (χ1n) is 9.79. The van der Waals surface area contributed by atoms with Crippen LogP contribution in [0.25, 0.3) is 10.8 Å². The van der Waals surface area contributed by atoms with Crippen molar-refractivity contribution in [2.75, 3.05) is 5.32 Å². The normalized spacial score (nSPS) is 16.0. The quantitative estimate of drug-likeness (QED) is 0.477. The molecule has 0 saturated carbocycles. The number of halogens is 2. The second-order valence-electron chi connectivity index (χ2n) is 7.35. The van der Waals surface area contributed by atoms with E-state index in [-0.39, 0.29) is 30.9 Å². The number of amides is 4. The number of aromatic nitrogens is 1. The van der Waals surface area contributed by atoms with E-state index in [9.17, 15) is 23.6 Å². The highest BCUT2D eigenvalue weighted by atomic mass is 79.9. The third-order valence-corrected chi connectivity index (χ3v) is 5.82. The van der Waals surface area contributed by atoms with Crippen LogP contribution in [-0.2, 0) is 16.1 Å². The molecule has 3 N–H and O–H groups in total. The molecule has 0 spiro atoms. The summed E-state index contributed by atoms with van der Waals surface area (Å²) in [6.07, 6.45) is 1.98. The summed E-state index contributed by atoms with van der Waals surface area (Å²) in [6.45, 7) is 0.132. The fourth-order valence-corrected chi connectivity index (χ4v) is 3.78. The van der Waals surface area contributed by atoms with E-state index in [4.69, 9.17) is 0 Å². The predicted molar refractivity (Wildman–Crippen MR) is 120 cm³/mol. The molecule has 164 valence electrons. The van der Waals surface area contributed by atoms with Crippen LogP contribution in [0.3, 0.4) is 0 Å². The molecule has 1 aliphatic rings. The van der Waals surface area contributed by atoms with Crippen LogP contribution in [0.2, 0.25) is 0 Å². The van der Waals surface area contributed by atoms with Crippen molar-refractivity contribution in [1.82, 2.24) is 15.2 Å². The van der Waals surface area contributed by atoms with Crippen molar-refractivity contribution in [3.05, 3.63) is 74.9 Å². The summed E-state index contributed by atoms with van der Waals surface area (Å²) in [7, 11) is 0. The first kappa shape index (κ1) is 21.7. The Kier molecular flexibility index (Phi) is 6.04. The van der Waals surface area contributed by atoms with Crippen molar-refractivity contribution in [2.24, 2.45) is 0 Å². The van der Waals surface area contributed by atoms with Gasteiger partial charge in [0.1, 0.15) is 11.9 Å². The van der Waals surface area contributed by atoms with Crippen LogP contribution >= 0.6 is 15.9 Å². The number of nitrogens with one attached hydrogen (secondary N) is 3. The number of pyridine rings is 1. The average molecular weight is 501 g/mol. The zero-order chi connectivity index (χ0) is 22.8. The third kappa shape index (κ3) is 4.54. The molecule has 1 aromatic heterocycles. The van der Waals surface area contributed by atoms with Gasteiger partial charge < -0.3 is 15.2 Å². The number of carbonyl (C=O) groups excluding carboxylic acids is 3. The highest BCUT2D eigenvalue weighted by Gasteiger charge is 2.28. The highest BCUT2D eigenvalue weighted by molar-refractivity contribution is 9.10. The van der Waals surface area contributed by atoms with Crippen LogP contribution in [0.5, 0.6) is 0 Å². The molecule has 10 heteroatoms. The Bertz CT molecular complexity index is 1310. The second kappa shape index (κ2) is 8.91. The van der Waals surface area contributed by atoms with E-state index in [0.29, 0.717) is 26.5 Å². The van der Waals surface area contributed by atoms with E-state index >= 15 is 0 Å². The topological polar surface area (TPSA) is 109 Å². The van der Waals surface area contributed by atoms with Gasteiger partial charge in [0, 0.05) is 30.2 Å². The maximum absolute atomic E-state index is 13.6. The molecular formula is C22H18BrFN4O4. The summed E-state index contributed by atoms with van der Waals surface area (Å²) < 4.78 is 15.2. The minimum absolute atomic E-state index is 0.132. The molecule has 2 aromatic carbocycles. The zero-order valence-electron chi connectivity index (χ0n) is 16.7. The van der Waals surface area contributed by atoms with E-state index in [1.54, 1.807) is 36.5 Å². The number of carbonyl (C=O) groups is 3. The molecule has 0 bridgehead atoms. The Morgan fingerprint density at radius 1 is 1.16 bits per heavy atom. The number of imide groups is 1. The fraction of sp³-hybridized carbons (Fsp3) is 0.182. The van der Waals surface area contributed by atoms with Crippen molar-refractivity contribution < 1.29 is 18.8 Å². The number of rotatable bonds is 4. The van der Waals surface area contributed by atoms with Crippen LogP contribution in [0.4, 0.5) is 14.9 Å². The van der Waals surface area contributed by atoms with Crippen LogP contribution < -0.4 is 21.5 Å². The van der Waals surface area contributed by atoms with Gasteiger partial charge in [-0.3, -0.25) is 19.7 Å². The number of benzene rings is 2. The molecule has 1 aliphatic heterocycles. The Hall–Kier alpha value is -3.53. The lowest BCUT2D eigenvalue weighted by molar-refractivity contribution is -0.135. The molecule has 3 aromatic rings. The highest BCUT2D eigenvalue weighted by Crippen LogP contribution is 2.20. The Labute approximate surface area is 189 Å². The summed E-state index contributed by atoms with van der Waals surface area (Å²) in [5.41, 5.74) is 0.621. The number of urea groups is 1. The molecule has 1 atom stereocenters. The van der Waals surface area contributed by atoms with Gasteiger partial charge >= 0.3 is 6.03 Å². The number of nitrogens with zero attached hydrogens (tertiary/aromatic N) is 1. The van der Waals surface area contributed by atoms with Gasteiger partial charge in [-0.25, -0.2) is 9.18 Å². The van der Waals surface area contributed by atoms with Gasteiger partial charge in [0.05, 0.1) is 4.47 Å². The van der Waals surface area contributed by atoms with Gasteiger partial charge in [-0.1, -0.05) is 12.1 Å². The molecule has 0 aliphatic carbocycles. The van der Waals surface area contributed by atoms with Gasteiger partial charge in [-0.2, -0.15) is 0 Å². The third-order valence-electron chi connectivity index (χ3n) is 5.17. The van der Waals surface area contributed by atoms with E-state index < -0.39 is 23.8 Å². The van der Waals surface area contributed by atoms with Crippen LogP contribution in [0, 0.1) is 5.82 Å². The summed E-state index contributed by atoms with van der Waals surface area (Å²) in [4.78, 5) is 48.7. The average Bonchev–Trinajstić information content (AvgIpc) is 2.76. The molecule has 8 nitrogen and oxygen atoms in total. The summed E-state index contributed by atoms with van der Waals surface area (Å²) in [6, 6.07) is 9.87. The molecule has 32 heavy (non-hydrogen) atoms. The number of piperidine rings is 1. The van der Waals surface area contributed by atoms with E-state index in [0.717, 1.165) is 0 Å². The van der Waals surface area contributed by atoms with Crippen LogP contribution in [0.15, 0.2) is 57.9 Å². The van der Waals surface area contributed by atoms with E-state index in [2.05, 4.69) is 31.9 Å². The second-order valence-corrected chi connectivity index (χ2v) is 8.21. The van der Waals surface area contributed by atoms with Crippen molar-refractivity contribution in [3.63, 3.8) is 0 Å². The minimum atomic E-state index is -0.747. The van der Waals surface area contributed by atoms with Crippen molar-refractivity contribution in [1.29, 1.82) is 0 Å². The first-order valence-corrected chi connectivity index (χ1v) is 10.6. The van der Waals surface area contributed by atoms with Crippen molar-refractivity contribution >= 4 is 50.2 Å². The van der Waals surface area contributed by atoms with Crippen LogP contribution in [0.1, 0.15) is 24.4 Å². The summed E-state index contributed by atoms with van der Waals surface area (Å²) >= 11 is 3.05. The summed E-state index contributed by atoms with van der Waals surface area (Å²) in [5, 5.41) is 8.54. The SMILES string of the molecule is O=C1CCC(n2ccc3ccc(CNC(=O)Nc4ccc(Br)c(F)c4)cc3c2=O)C(=O)N1. The largest absolute Gasteiger partial charge is 0.334 e. The first-order chi connectivity index (χ1) is 15.3. The standard InChI is InChI=1S/C22H18BrFN4O4/c23-16-4-3-14(10-17(16)24)26-22(32)25-11-12-1-2-13-7-8-28(21(31)15(13)9-12)18-5-6-19(29)27-20(18)30/h1-4,7-10,18H,5-6,11H2,(H2,25,26,32)(H,27,29,30). The zero-order valence-corrected chi connectivity index (χ0v) is 18.2. The fourth-order valence-electron chi connectivity index (χ4n) is 3.54.